The van der Waals surface area contributed by atoms with Crippen LogP contribution < -0.4 is 5.32 Å². The van der Waals surface area contributed by atoms with Crippen molar-refractivity contribution in [1.82, 2.24) is 15.0 Å². The van der Waals surface area contributed by atoms with Crippen LogP contribution in [-0.2, 0) is 6.18 Å². The third-order valence-corrected chi connectivity index (χ3v) is 4.47. The molecule has 31 heavy (non-hydrogen) atoms. The Morgan fingerprint density at radius 1 is 0.871 bits per heavy atom. The molecule has 4 aromatic rings. The number of rotatable bonds is 4. The summed E-state index contributed by atoms with van der Waals surface area (Å²) < 4.78 is 38.9. The lowest BCUT2D eigenvalue weighted by atomic mass is 10.1. The van der Waals surface area contributed by atoms with Gasteiger partial charge in [-0.15, -0.1) is 0 Å². The second-order valence-electron chi connectivity index (χ2n) is 6.59. The fourth-order valence-electron chi connectivity index (χ4n) is 2.98. The van der Waals surface area contributed by atoms with Crippen LogP contribution in [-0.4, -0.2) is 20.9 Å². The molecule has 0 fully saturated rings. The van der Waals surface area contributed by atoms with Gasteiger partial charge in [-0.05, 0) is 30.3 Å². The largest absolute Gasteiger partial charge is 0.416 e. The van der Waals surface area contributed by atoms with Gasteiger partial charge in [0.1, 0.15) is 0 Å². The lowest BCUT2D eigenvalue weighted by molar-refractivity contribution is -0.137. The number of anilines is 1. The third-order valence-electron chi connectivity index (χ3n) is 4.47. The standard InChI is InChI=1S/C23H15F3N4O/c24-23(25,26)17-7-4-8-18(13-17)29-22(31)19-14-28-21(16-9-11-27-12-10-16)30-20(19)15-5-2-1-3-6-15/h1-14H,(H,29,31). The number of alkyl halides is 3. The number of amides is 1. The van der Waals surface area contributed by atoms with Crippen LogP contribution in [0.4, 0.5) is 18.9 Å². The average Bonchev–Trinajstić information content (AvgIpc) is 2.79. The smallest absolute Gasteiger partial charge is 0.322 e. The molecule has 0 spiro atoms. The Balaban J connectivity index is 1.73. The zero-order valence-corrected chi connectivity index (χ0v) is 16.0. The molecule has 1 amide bonds. The highest BCUT2D eigenvalue weighted by Crippen LogP contribution is 2.31. The van der Waals surface area contributed by atoms with Crippen LogP contribution in [0.1, 0.15) is 15.9 Å². The summed E-state index contributed by atoms with van der Waals surface area (Å²) >= 11 is 0. The van der Waals surface area contributed by atoms with Crippen molar-refractivity contribution in [3.63, 3.8) is 0 Å². The van der Waals surface area contributed by atoms with Crippen LogP contribution in [0.15, 0.2) is 85.3 Å². The van der Waals surface area contributed by atoms with E-state index in [4.69, 9.17) is 0 Å². The Bertz CT molecular complexity index is 1210. The zero-order valence-electron chi connectivity index (χ0n) is 16.0. The number of halogens is 3. The van der Waals surface area contributed by atoms with Gasteiger partial charge in [-0.1, -0.05) is 36.4 Å². The molecule has 8 heteroatoms. The Morgan fingerprint density at radius 2 is 1.61 bits per heavy atom. The molecule has 0 bridgehead atoms. The maximum Gasteiger partial charge on any atom is 0.416 e. The Labute approximate surface area is 175 Å². The topological polar surface area (TPSA) is 67.8 Å². The maximum atomic E-state index is 13.0. The highest BCUT2D eigenvalue weighted by Gasteiger charge is 2.30. The second-order valence-corrected chi connectivity index (χ2v) is 6.59. The summed E-state index contributed by atoms with van der Waals surface area (Å²) in [4.78, 5) is 25.7. The van der Waals surface area contributed by atoms with Crippen molar-refractivity contribution < 1.29 is 18.0 Å². The quantitative estimate of drug-likeness (QED) is 0.475. The number of carbonyl (C=O) groups is 1. The Hall–Kier alpha value is -4.07. The molecule has 2 aromatic carbocycles. The van der Waals surface area contributed by atoms with Gasteiger partial charge in [-0.25, -0.2) is 9.97 Å². The minimum absolute atomic E-state index is 0.0250. The highest BCUT2D eigenvalue weighted by atomic mass is 19.4. The molecule has 5 nitrogen and oxygen atoms in total. The van der Waals surface area contributed by atoms with Gasteiger partial charge in [0.05, 0.1) is 16.8 Å². The molecule has 2 aromatic heterocycles. The summed E-state index contributed by atoms with van der Waals surface area (Å²) in [7, 11) is 0. The maximum absolute atomic E-state index is 13.0. The van der Waals surface area contributed by atoms with E-state index in [2.05, 4.69) is 20.3 Å². The number of hydrogen-bond donors (Lipinski definition) is 1. The molecule has 0 unspecified atom stereocenters. The van der Waals surface area contributed by atoms with Crippen molar-refractivity contribution in [2.24, 2.45) is 0 Å². The Morgan fingerprint density at radius 3 is 2.32 bits per heavy atom. The van der Waals surface area contributed by atoms with Crippen LogP contribution in [0.5, 0.6) is 0 Å². The first-order valence-corrected chi connectivity index (χ1v) is 9.23. The molecule has 1 N–H and O–H groups in total. The number of nitrogens with zero attached hydrogens (tertiary/aromatic N) is 3. The SMILES string of the molecule is O=C(Nc1cccc(C(F)(F)F)c1)c1cnc(-c2ccncc2)nc1-c1ccccc1. The van der Waals surface area contributed by atoms with Crippen molar-refractivity contribution in [1.29, 1.82) is 0 Å². The van der Waals surface area contributed by atoms with Gasteiger partial charge in [0, 0.05) is 35.4 Å². The molecule has 154 valence electrons. The normalized spacial score (nSPS) is 11.2. The van der Waals surface area contributed by atoms with Gasteiger partial charge in [0.15, 0.2) is 5.82 Å². The molecule has 0 saturated carbocycles. The molecule has 0 radical (unpaired) electrons. The van der Waals surface area contributed by atoms with Crippen LogP contribution >= 0.6 is 0 Å². The van der Waals surface area contributed by atoms with Crippen LogP contribution in [0.2, 0.25) is 0 Å². The first-order chi connectivity index (χ1) is 14.9. The number of benzene rings is 2. The molecular formula is C23H15F3N4O. The number of carbonyl (C=O) groups excluding carboxylic acids is 1. The number of nitrogens with one attached hydrogen (secondary N) is 1. The van der Waals surface area contributed by atoms with Crippen LogP contribution in [0, 0.1) is 0 Å². The number of aromatic nitrogens is 3. The van der Waals surface area contributed by atoms with E-state index in [1.807, 2.05) is 6.07 Å². The van der Waals surface area contributed by atoms with Crippen LogP contribution in [0.25, 0.3) is 22.6 Å². The molecule has 0 atom stereocenters. The number of pyridine rings is 1. The van der Waals surface area contributed by atoms with Gasteiger partial charge in [-0.3, -0.25) is 9.78 Å². The molecule has 0 aliphatic rings. The van der Waals surface area contributed by atoms with Crippen molar-refractivity contribution in [2.45, 2.75) is 6.18 Å². The minimum atomic E-state index is -4.51. The molecule has 0 aliphatic heterocycles. The van der Waals surface area contributed by atoms with E-state index in [1.54, 1.807) is 48.8 Å². The summed E-state index contributed by atoms with van der Waals surface area (Å²) in [6.45, 7) is 0. The summed E-state index contributed by atoms with van der Waals surface area (Å²) in [5.41, 5.74) is 1.08. The van der Waals surface area contributed by atoms with Crippen molar-refractivity contribution in [3.8, 4) is 22.6 Å². The fourth-order valence-corrected chi connectivity index (χ4v) is 2.98. The van der Waals surface area contributed by atoms with E-state index in [-0.39, 0.29) is 11.3 Å². The zero-order chi connectivity index (χ0) is 21.8. The minimum Gasteiger partial charge on any atom is -0.322 e. The van der Waals surface area contributed by atoms with Gasteiger partial charge in [0.25, 0.3) is 5.91 Å². The van der Waals surface area contributed by atoms with Crippen LogP contribution in [0.3, 0.4) is 0 Å². The fraction of sp³-hybridized carbons (Fsp3) is 0.0435. The predicted molar refractivity (Wildman–Crippen MR) is 110 cm³/mol. The number of hydrogen-bond acceptors (Lipinski definition) is 4. The summed E-state index contributed by atoms with van der Waals surface area (Å²) in [5.74, 6) is -0.212. The van der Waals surface area contributed by atoms with E-state index < -0.39 is 17.6 Å². The summed E-state index contributed by atoms with van der Waals surface area (Å²) in [6.07, 6.45) is 0.0730. The highest BCUT2D eigenvalue weighted by molar-refractivity contribution is 6.08. The molecule has 2 heterocycles. The molecule has 0 aliphatic carbocycles. The lowest BCUT2D eigenvalue weighted by Gasteiger charge is -2.12. The van der Waals surface area contributed by atoms with Crippen molar-refractivity contribution in [2.75, 3.05) is 5.32 Å². The van der Waals surface area contributed by atoms with Gasteiger partial charge in [0.2, 0.25) is 0 Å². The monoisotopic (exact) mass is 420 g/mol. The van der Waals surface area contributed by atoms with E-state index in [0.717, 1.165) is 17.7 Å². The van der Waals surface area contributed by atoms with Crippen molar-refractivity contribution >= 4 is 11.6 Å². The van der Waals surface area contributed by atoms with E-state index in [1.165, 1.54) is 18.3 Å². The molecular weight excluding hydrogens is 405 g/mol. The third kappa shape index (κ3) is 4.58. The average molecular weight is 420 g/mol. The first-order valence-electron chi connectivity index (χ1n) is 9.23. The van der Waals surface area contributed by atoms with Crippen molar-refractivity contribution in [3.05, 3.63) is 96.4 Å². The van der Waals surface area contributed by atoms with Gasteiger partial charge >= 0.3 is 6.18 Å². The molecule has 4 rings (SSSR count). The van der Waals surface area contributed by atoms with E-state index in [0.29, 0.717) is 17.1 Å². The van der Waals surface area contributed by atoms with E-state index in [9.17, 15) is 18.0 Å². The summed E-state index contributed by atoms with van der Waals surface area (Å²) in [5, 5.41) is 2.51. The van der Waals surface area contributed by atoms with Gasteiger partial charge in [-0.2, -0.15) is 13.2 Å². The lowest BCUT2D eigenvalue weighted by Crippen LogP contribution is -2.15. The summed E-state index contributed by atoms with van der Waals surface area (Å²) in [6, 6.07) is 17.0. The van der Waals surface area contributed by atoms with Gasteiger partial charge < -0.3 is 5.32 Å². The first kappa shape index (κ1) is 20.2. The Kier molecular flexibility index (Phi) is 5.44. The second kappa shape index (κ2) is 8.35. The van der Waals surface area contributed by atoms with E-state index >= 15 is 0 Å². The predicted octanol–water partition coefficient (Wildman–Crippen LogP) is 5.48. The molecule has 0 saturated heterocycles.